The molecule has 0 aliphatic heterocycles. The zero-order valence-electron chi connectivity index (χ0n) is 8.74. The maximum Gasteiger partial charge on any atom is 0.323 e. The summed E-state index contributed by atoms with van der Waals surface area (Å²) < 4.78 is 0. The fourth-order valence-corrected chi connectivity index (χ4v) is 1.37. The highest BCUT2D eigenvalue weighted by Gasteiger charge is 2.16. The average Bonchev–Trinajstić information content (AvgIpc) is 3.05. The van der Waals surface area contributed by atoms with Crippen LogP contribution in [-0.4, -0.2) is 6.03 Å². The number of hydrogen-bond donors (Lipinski definition) is 2. The van der Waals surface area contributed by atoms with E-state index in [1.807, 2.05) is 6.08 Å². The summed E-state index contributed by atoms with van der Waals surface area (Å²) in [6.45, 7) is 0. The van der Waals surface area contributed by atoms with Crippen molar-refractivity contribution in [3.8, 4) is 0 Å². The van der Waals surface area contributed by atoms with Gasteiger partial charge in [0.25, 0.3) is 0 Å². The van der Waals surface area contributed by atoms with E-state index >= 15 is 0 Å². The molecule has 1 aliphatic carbocycles. The average molecular weight is 237 g/mol. The van der Waals surface area contributed by atoms with Crippen LogP contribution in [0.1, 0.15) is 12.8 Å². The van der Waals surface area contributed by atoms with Crippen molar-refractivity contribution in [2.45, 2.75) is 12.8 Å². The Labute approximate surface area is 99.5 Å². The van der Waals surface area contributed by atoms with Crippen LogP contribution in [0.25, 0.3) is 0 Å². The predicted octanol–water partition coefficient (Wildman–Crippen LogP) is 3.39. The van der Waals surface area contributed by atoms with Gasteiger partial charge in [-0.25, -0.2) is 4.79 Å². The molecule has 0 heterocycles. The largest absolute Gasteiger partial charge is 0.323 e. The van der Waals surface area contributed by atoms with Gasteiger partial charge < -0.3 is 10.6 Å². The minimum Gasteiger partial charge on any atom is -0.315 e. The first-order valence-corrected chi connectivity index (χ1v) is 5.61. The van der Waals surface area contributed by atoms with E-state index in [0.717, 1.165) is 5.69 Å². The summed E-state index contributed by atoms with van der Waals surface area (Å²) in [5.41, 5.74) is 0.724. The third-order valence-corrected chi connectivity index (χ3v) is 2.56. The maximum absolute atomic E-state index is 11.4. The molecule has 0 bridgehead atoms. The van der Waals surface area contributed by atoms with Crippen LogP contribution < -0.4 is 10.6 Å². The third-order valence-electron chi connectivity index (χ3n) is 2.31. The highest BCUT2D eigenvalue weighted by molar-refractivity contribution is 6.30. The van der Waals surface area contributed by atoms with Crippen molar-refractivity contribution in [3.63, 3.8) is 0 Å². The molecule has 0 radical (unpaired) electrons. The molecule has 1 aromatic rings. The Balaban J connectivity index is 1.79. The molecular formula is C12H13ClN2O. The quantitative estimate of drug-likeness (QED) is 0.830. The number of rotatable bonds is 3. The lowest BCUT2D eigenvalue weighted by Crippen LogP contribution is -2.23. The van der Waals surface area contributed by atoms with E-state index < -0.39 is 0 Å². The molecule has 2 amide bonds. The predicted molar refractivity (Wildman–Crippen MR) is 65.5 cm³/mol. The molecule has 2 N–H and O–H groups in total. The van der Waals surface area contributed by atoms with Gasteiger partial charge in [-0.2, -0.15) is 0 Å². The molecule has 1 saturated carbocycles. The van der Waals surface area contributed by atoms with Gasteiger partial charge in [0.05, 0.1) is 0 Å². The molecule has 84 valence electrons. The number of benzene rings is 1. The van der Waals surface area contributed by atoms with E-state index in [1.54, 1.807) is 30.5 Å². The molecule has 2 rings (SSSR count). The Bertz CT molecular complexity index is 396. The van der Waals surface area contributed by atoms with Crippen LogP contribution in [0.15, 0.2) is 36.5 Å². The fourth-order valence-electron chi connectivity index (χ4n) is 1.25. The van der Waals surface area contributed by atoms with Crippen molar-refractivity contribution >= 4 is 23.3 Å². The molecular weight excluding hydrogens is 224 g/mol. The van der Waals surface area contributed by atoms with Crippen LogP contribution in [0.3, 0.4) is 0 Å². The summed E-state index contributed by atoms with van der Waals surface area (Å²) in [5, 5.41) is 6.01. The number of carbonyl (C=O) groups excluding carboxylic acids is 1. The number of anilines is 1. The van der Waals surface area contributed by atoms with Crippen molar-refractivity contribution in [3.05, 3.63) is 41.6 Å². The number of hydrogen-bond acceptors (Lipinski definition) is 1. The van der Waals surface area contributed by atoms with Gasteiger partial charge in [0.2, 0.25) is 0 Å². The lowest BCUT2D eigenvalue weighted by molar-refractivity contribution is 0.255. The van der Waals surface area contributed by atoms with E-state index in [-0.39, 0.29) is 6.03 Å². The van der Waals surface area contributed by atoms with E-state index in [2.05, 4.69) is 10.6 Å². The molecule has 4 heteroatoms. The number of allylic oxidation sites excluding steroid dienone is 1. The lowest BCUT2D eigenvalue weighted by Gasteiger charge is -2.04. The summed E-state index contributed by atoms with van der Waals surface area (Å²) in [6.07, 6.45) is 6.18. The fraction of sp³-hybridized carbons (Fsp3) is 0.250. The molecule has 1 aromatic carbocycles. The Morgan fingerprint density at radius 3 is 2.62 bits per heavy atom. The van der Waals surface area contributed by atoms with Gasteiger partial charge in [0, 0.05) is 16.9 Å². The second kappa shape index (κ2) is 5.03. The van der Waals surface area contributed by atoms with Gasteiger partial charge in [-0.3, -0.25) is 0 Å². The molecule has 0 atom stereocenters. The van der Waals surface area contributed by atoms with Gasteiger partial charge in [-0.15, -0.1) is 0 Å². The van der Waals surface area contributed by atoms with Gasteiger partial charge in [0.1, 0.15) is 0 Å². The highest BCUT2D eigenvalue weighted by Crippen LogP contribution is 2.29. The number of urea groups is 1. The van der Waals surface area contributed by atoms with Crippen LogP contribution >= 0.6 is 11.6 Å². The van der Waals surface area contributed by atoms with Crippen molar-refractivity contribution in [2.75, 3.05) is 5.32 Å². The third kappa shape index (κ3) is 3.59. The monoisotopic (exact) mass is 236 g/mol. The zero-order valence-corrected chi connectivity index (χ0v) is 9.50. The smallest absolute Gasteiger partial charge is 0.315 e. The molecule has 0 saturated heterocycles. The zero-order chi connectivity index (χ0) is 11.4. The maximum atomic E-state index is 11.4. The molecule has 1 fully saturated rings. The van der Waals surface area contributed by atoms with Crippen LogP contribution in [-0.2, 0) is 0 Å². The summed E-state index contributed by atoms with van der Waals surface area (Å²) in [6, 6.07) is 6.74. The first-order valence-electron chi connectivity index (χ1n) is 5.24. The highest BCUT2D eigenvalue weighted by atomic mass is 35.5. The van der Waals surface area contributed by atoms with Crippen LogP contribution in [0.5, 0.6) is 0 Å². The Hall–Kier alpha value is -1.48. The molecule has 16 heavy (non-hydrogen) atoms. The number of amides is 2. The normalized spacial score (nSPS) is 15.1. The summed E-state index contributed by atoms with van der Waals surface area (Å²) in [5.74, 6) is 0.663. The first kappa shape index (κ1) is 11.0. The summed E-state index contributed by atoms with van der Waals surface area (Å²) in [4.78, 5) is 11.4. The van der Waals surface area contributed by atoms with Gasteiger partial charge >= 0.3 is 6.03 Å². The van der Waals surface area contributed by atoms with Crippen LogP contribution in [0, 0.1) is 5.92 Å². The van der Waals surface area contributed by atoms with Crippen molar-refractivity contribution in [2.24, 2.45) is 5.92 Å². The number of carbonyl (C=O) groups is 1. The minimum absolute atomic E-state index is 0.237. The summed E-state index contributed by atoms with van der Waals surface area (Å²) in [7, 11) is 0. The van der Waals surface area contributed by atoms with E-state index in [9.17, 15) is 4.79 Å². The number of halogens is 1. The van der Waals surface area contributed by atoms with Crippen molar-refractivity contribution in [1.29, 1.82) is 0 Å². The summed E-state index contributed by atoms with van der Waals surface area (Å²) >= 11 is 5.73. The Kier molecular flexibility index (Phi) is 3.47. The van der Waals surface area contributed by atoms with E-state index in [0.29, 0.717) is 10.9 Å². The molecule has 0 unspecified atom stereocenters. The van der Waals surface area contributed by atoms with Crippen molar-refractivity contribution < 1.29 is 4.79 Å². The van der Waals surface area contributed by atoms with Crippen molar-refractivity contribution in [1.82, 2.24) is 5.32 Å². The second-order valence-electron chi connectivity index (χ2n) is 3.80. The van der Waals surface area contributed by atoms with Crippen LogP contribution in [0.2, 0.25) is 5.02 Å². The Morgan fingerprint density at radius 1 is 1.31 bits per heavy atom. The number of nitrogens with one attached hydrogen (secondary N) is 2. The Morgan fingerprint density at radius 2 is 2.00 bits per heavy atom. The van der Waals surface area contributed by atoms with Gasteiger partial charge in [0.15, 0.2) is 0 Å². The van der Waals surface area contributed by atoms with E-state index in [4.69, 9.17) is 11.6 Å². The topological polar surface area (TPSA) is 41.1 Å². The second-order valence-corrected chi connectivity index (χ2v) is 4.24. The SMILES string of the molecule is O=C(N/C=C/C1CC1)Nc1ccc(Cl)cc1. The van der Waals surface area contributed by atoms with Crippen LogP contribution in [0.4, 0.5) is 10.5 Å². The van der Waals surface area contributed by atoms with Gasteiger partial charge in [-0.05, 0) is 43.0 Å². The lowest BCUT2D eigenvalue weighted by atomic mass is 10.3. The minimum atomic E-state index is -0.237. The van der Waals surface area contributed by atoms with E-state index in [1.165, 1.54) is 12.8 Å². The standard InChI is InChI=1S/C12H13ClN2O/c13-10-3-5-11(6-4-10)15-12(16)14-8-7-9-1-2-9/h3-9H,1-2H2,(H2,14,15,16)/b8-7+. The molecule has 1 aliphatic rings. The first-order chi connectivity index (χ1) is 7.74. The molecule has 0 spiro atoms. The molecule has 0 aromatic heterocycles. The molecule has 3 nitrogen and oxygen atoms in total. The van der Waals surface area contributed by atoms with Gasteiger partial charge in [-0.1, -0.05) is 17.7 Å².